The number of hydrogen-bond acceptors (Lipinski definition) is 6. The van der Waals surface area contributed by atoms with Gasteiger partial charge in [-0.3, -0.25) is 13.8 Å². The Balaban J connectivity index is 4.26. The van der Waals surface area contributed by atoms with Crippen LogP contribution in [0.5, 0.6) is 0 Å². The summed E-state index contributed by atoms with van der Waals surface area (Å²) < 4.78 is 35.0. The molecule has 0 fully saturated rings. The summed E-state index contributed by atoms with van der Waals surface area (Å²) in [5.41, 5.74) is 0. The van der Waals surface area contributed by atoms with Crippen LogP contribution in [-0.2, 0) is 27.9 Å². The van der Waals surface area contributed by atoms with Gasteiger partial charge in [-0.05, 0) is 77.0 Å². The Bertz CT molecular complexity index is 1090. The Morgan fingerprint density at radius 1 is 0.561 bits per heavy atom. The zero-order chi connectivity index (χ0) is 42.0. The average Bonchev–Trinajstić information content (AvgIpc) is 3.16. The van der Waals surface area contributed by atoms with Crippen LogP contribution in [-0.4, -0.2) is 75.6 Å². The molecule has 0 aromatic heterocycles. The lowest BCUT2D eigenvalue weighted by Gasteiger charge is -2.24. The average molecular weight is 823 g/mol. The van der Waals surface area contributed by atoms with Crippen LogP contribution in [0, 0.1) is 0 Å². The van der Waals surface area contributed by atoms with Crippen LogP contribution in [0.4, 0.5) is 0 Å². The lowest BCUT2D eigenvalue weighted by Crippen LogP contribution is -2.37. The van der Waals surface area contributed by atoms with Crippen LogP contribution in [0.3, 0.4) is 0 Å². The first-order valence-electron chi connectivity index (χ1n) is 23.0. The molecule has 1 unspecified atom stereocenters. The van der Waals surface area contributed by atoms with Gasteiger partial charge in [0.1, 0.15) is 19.3 Å². The van der Waals surface area contributed by atoms with Crippen molar-refractivity contribution in [1.82, 2.24) is 0 Å². The maximum atomic E-state index is 12.7. The van der Waals surface area contributed by atoms with E-state index in [9.17, 15) is 14.3 Å². The number of unbranched alkanes of at least 4 members (excludes halogenated alkanes) is 18. The molecule has 0 saturated heterocycles. The number of nitrogens with zero attached hydrogens (tertiary/aromatic N) is 1. The van der Waals surface area contributed by atoms with E-state index in [4.69, 9.17) is 18.5 Å². The van der Waals surface area contributed by atoms with E-state index >= 15 is 0 Å². The van der Waals surface area contributed by atoms with Crippen molar-refractivity contribution in [2.75, 3.05) is 54.1 Å². The summed E-state index contributed by atoms with van der Waals surface area (Å²) in [5.74, 6) is -0.339. The highest BCUT2D eigenvalue weighted by molar-refractivity contribution is 7.47. The Morgan fingerprint density at radius 3 is 1.54 bits per heavy atom. The number of ether oxygens (including phenoxy) is 2. The molecule has 0 spiro atoms. The monoisotopic (exact) mass is 823 g/mol. The van der Waals surface area contributed by atoms with E-state index in [1.54, 1.807) is 0 Å². The molecule has 332 valence electrons. The highest BCUT2D eigenvalue weighted by atomic mass is 31.2. The number of carbonyl (C=O) groups is 1. The first-order valence-corrected chi connectivity index (χ1v) is 24.5. The molecule has 0 rings (SSSR count). The fourth-order valence-electron chi connectivity index (χ4n) is 6.01. The summed E-state index contributed by atoms with van der Waals surface area (Å²) in [7, 11) is 1.64. The van der Waals surface area contributed by atoms with Gasteiger partial charge in [-0.1, -0.05) is 158 Å². The van der Waals surface area contributed by atoms with E-state index in [2.05, 4.69) is 74.6 Å². The van der Waals surface area contributed by atoms with E-state index < -0.39 is 13.9 Å². The molecule has 1 N–H and O–H groups in total. The number of esters is 1. The molecule has 2 atom stereocenters. The minimum absolute atomic E-state index is 0.0806. The molecule has 0 aromatic rings. The summed E-state index contributed by atoms with van der Waals surface area (Å²) in [6.07, 6.45) is 51.1. The number of hydrogen-bond donors (Lipinski definition) is 1. The Labute approximate surface area is 351 Å². The fraction of sp³-hybridized carbons (Fsp3) is 0.771. The third-order valence-corrected chi connectivity index (χ3v) is 10.5. The van der Waals surface area contributed by atoms with Crippen LogP contribution in [0.2, 0.25) is 0 Å². The standard InChI is InChI=1S/C48H88NO7P/c1-6-8-10-12-14-16-18-20-22-24-26-28-30-32-34-36-38-40-43-53-45-47(46-55-57(51,52)54-44-42-49(3,4)5)56-48(50)41-39-37-35-33-31-29-27-25-23-21-19-17-15-13-11-9-7-2/h9,11,15,17,20-23,27,29,47H,6-8,10,12-14,16,18-19,24-26,28,30-46H2,1-5H3/p+1/b11-9-,17-15-,22-20-,23-21-,29-27-/t47-/m1/s1. The number of rotatable bonds is 42. The van der Waals surface area contributed by atoms with Gasteiger partial charge in [0.15, 0.2) is 0 Å². The van der Waals surface area contributed by atoms with Crippen molar-refractivity contribution in [3.63, 3.8) is 0 Å². The summed E-state index contributed by atoms with van der Waals surface area (Å²) in [5, 5.41) is 0. The van der Waals surface area contributed by atoms with Gasteiger partial charge in [0.25, 0.3) is 0 Å². The molecule has 0 aliphatic carbocycles. The van der Waals surface area contributed by atoms with Crippen molar-refractivity contribution in [2.24, 2.45) is 0 Å². The largest absolute Gasteiger partial charge is 0.472 e. The highest BCUT2D eigenvalue weighted by Gasteiger charge is 2.26. The number of allylic oxidation sites excluding steroid dienone is 10. The third kappa shape index (κ3) is 45.1. The maximum absolute atomic E-state index is 12.7. The molecule has 0 bridgehead atoms. The van der Waals surface area contributed by atoms with Crippen molar-refractivity contribution in [3.05, 3.63) is 60.8 Å². The Kier molecular flexibility index (Phi) is 39.7. The van der Waals surface area contributed by atoms with E-state index in [-0.39, 0.29) is 25.8 Å². The lowest BCUT2D eigenvalue weighted by molar-refractivity contribution is -0.870. The third-order valence-electron chi connectivity index (χ3n) is 9.56. The van der Waals surface area contributed by atoms with Crippen LogP contribution >= 0.6 is 7.82 Å². The number of likely N-dealkylation sites (N-methyl/N-ethyl adjacent to an activating group) is 1. The molecule has 9 heteroatoms. The molecule has 0 heterocycles. The summed E-state index contributed by atoms with van der Waals surface area (Å²) >= 11 is 0. The Morgan fingerprint density at radius 2 is 1.02 bits per heavy atom. The summed E-state index contributed by atoms with van der Waals surface area (Å²) in [4.78, 5) is 22.9. The van der Waals surface area contributed by atoms with E-state index in [1.165, 1.54) is 89.9 Å². The molecule has 0 aromatic carbocycles. The van der Waals surface area contributed by atoms with E-state index in [1.807, 2.05) is 21.1 Å². The molecular weight excluding hydrogens is 734 g/mol. The SMILES string of the molecule is CC/C=C\C/C=C\C/C=C\C/C=C\CCCCCCC(=O)O[C@H](COCCCCCCCCCC/C=C\CCCCCCCC)COP(=O)(O)OCC[N+](C)(C)C. The van der Waals surface area contributed by atoms with Crippen LogP contribution in [0.25, 0.3) is 0 Å². The first-order chi connectivity index (χ1) is 27.6. The van der Waals surface area contributed by atoms with Gasteiger partial charge in [0.2, 0.25) is 0 Å². The predicted octanol–water partition coefficient (Wildman–Crippen LogP) is 13.7. The van der Waals surface area contributed by atoms with Crippen molar-refractivity contribution >= 4 is 13.8 Å². The van der Waals surface area contributed by atoms with E-state index in [0.29, 0.717) is 24.1 Å². The lowest BCUT2D eigenvalue weighted by atomic mass is 10.1. The van der Waals surface area contributed by atoms with Crippen LogP contribution < -0.4 is 0 Å². The van der Waals surface area contributed by atoms with Gasteiger partial charge < -0.3 is 18.9 Å². The minimum atomic E-state index is -4.29. The molecule has 0 aliphatic heterocycles. The second-order valence-electron chi connectivity index (χ2n) is 16.4. The molecule has 0 amide bonds. The van der Waals surface area contributed by atoms with Crippen molar-refractivity contribution in [2.45, 2.75) is 187 Å². The van der Waals surface area contributed by atoms with Crippen LogP contribution in [0.1, 0.15) is 181 Å². The fourth-order valence-corrected chi connectivity index (χ4v) is 6.75. The topological polar surface area (TPSA) is 91.3 Å². The van der Waals surface area contributed by atoms with Crippen LogP contribution in [0.15, 0.2) is 60.8 Å². The van der Waals surface area contributed by atoms with Crippen molar-refractivity contribution < 1.29 is 37.3 Å². The molecule has 0 aliphatic rings. The summed E-state index contributed by atoms with van der Waals surface area (Å²) in [6, 6.07) is 0. The van der Waals surface area contributed by atoms with Crippen molar-refractivity contribution in [1.29, 1.82) is 0 Å². The number of carbonyl (C=O) groups excluding carboxylic acids is 1. The van der Waals surface area contributed by atoms with Gasteiger partial charge in [-0.2, -0.15) is 0 Å². The number of phosphoric acid groups is 1. The number of quaternary nitrogens is 1. The molecule has 0 saturated carbocycles. The van der Waals surface area contributed by atoms with Gasteiger partial charge in [0.05, 0.1) is 34.4 Å². The minimum Gasteiger partial charge on any atom is -0.457 e. The second-order valence-corrected chi connectivity index (χ2v) is 17.9. The predicted molar refractivity (Wildman–Crippen MR) is 242 cm³/mol. The maximum Gasteiger partial charge on any atom is 0.472 e. The quantitative estimate of drug-likeness (QED) is 0.0215. The van der Waals surface area contributed by atoms with E-state index in [0.717, 1.165) is 70.6 Å². The zero-order valence-corrected chi connectivity index (χ0v) is 38.5. The van der Waals surface area contributed by atoms with Gasteiger partial charge >= 0.3 is 13.8 Å². The Hall–Kier alpha value is -1.80. The highest BCUT2D eigenvalue weighted by Crippen LogP contribution is 2.43. The molecular formula is C48H89NO7P+. The zero-order valence-electron chi connectivity index (χ0n) is 37.6. The number of phosphoric ester groups is 1. The van der Waals surface area contributed by atoms with Gasteiger partial charge in [-0.25, -0.2) is 4.57 Å². The molecule has 8 nitrogen and oxygen atoms in total. The molecule has 0 radical (unpaired) electrons. The summed E-state index contributed by atoms with van der Waals surface area (Å²) in [6.45, 7) is 5.46. The smallest absolute Gasteiger partial charge is 0.457 e. The van der Waals surface area contributed by atoms with Gasteiger partial charge in [-0.15, -0.1) is 0 Å². The first kappa shape index (κ1) is 55.2. The molecule has 57 heavy (non-hydrogen) atoms. The second kappa shape index (κ2) is 41.0. The van der Waals surface area contributed by atoms with Gasteiger partial charge in [0, 0.05) is 13.0 Å². The normalized spacial score (nSPS) is 14.3. The van der Waals surface area contributed by atoms with Crippen molar-refractivity contribution in [3.8, 4) is 0 Å².